The maximum Gasteiger partial charge on any atom is 0.189 e. The second-order valence-electron chi connectivity index (χ2n) is 6.64. The molecule has 2 nitrogen and oxygen atoms in total. The number of carbonyl (C=O) groups excluding carboxylic acids is 2. The minimum atomic E-state index is -0.124. The molecule has 0 unspecified atom stereocenters. The summed E-state index contributed by atoms with van der Waals surface area (Å²) in [6.45, 7) is 8.37. The Kier molecular flexibility index (Phi) is 8.53. The van der Waals surface area contributed by atoms with Crippen molar-refractivity contribution in [2.75, 3.05) is 0 Å². The highest BCUT2D eigenvalue weighted by molar-refractivity contribution is 6.27. The van der Waals surface area contributed by atoms with Crippen LogP contribution in [0.5, 0.6) is 0 Å². The summed E-state index contributed by atoms with van der Waals surface area (Å²) >= 11 is 0. The van der Waals surface area contributed by atoms with Crippen molar-refractivity contribution in [1.29, 1.82) is 0 Å². The van der Waals surface area contributed by atoms with Gasteiger partial charge in [-0.1, -0.05) is 48.6 Å². The topological polar surface area (TPSA) is 34.1 Å². The molecular weight excluding hydrogens is 284 g/mol. The molecule has 0 spiro atoms. The molecule has 0 radical (unpaired) electrons. The standard InChI is InChI=1S/C21H30O2/c1-5-6-7-11-18-14-20(22)19(21(23)15-18)13-12-17(4)10-8-9-16(2)3/h9,12-14H,5-8,10-11,15H2,1-4H3. The van der Waals surface area contributed by atoms with E-state index in [1.807, 2.05) is 13.0 Å². The van der Waals surface area contributed by atoms with E-state index >= 15 is 0 Å². The van der Waals surface area contributed by atoms with Gasteiger partial charge < -0.3 is 0 Å². The average molecular weight is 314 g/mol. The van der Waals surface area contributed by atoms with Crippen LogP contribution in [-0.4, -0.2) is 11.6 Å². The Labute approximate surface area is 141 Å². The zero-order valence-electron chi connectivity index (χ0n) is 15.1. The molecule has 0 fully saturated rings. The van der Waals surface area contributed by atoms with Crippen LogP contribution in [0.4, 0.5) is 0 Å². The monoisotopic (exact) mass is 314 g/mol. The van der Waals surface area contributed by atoms with Gasteiger partial charge in [0, 0.05) is 6.42 Å². The van der Waals surface area contributed by atoms with Gasteiger partial charge >= 0.3 is 0 Å². The lowest BCUT2D eigenvalue weighted by molar-refractivity contribution is -0.119. The molecule has 126 valence electrons. The Bertz CT molecular complexity index is 552. The third-order valence-corrected chi connectivity index (χ3v) is 4.02. The first-order chi connectivity index (χ1) is 10.9. The van der Waals surface area contributed by atoms with E-state index in [1.165, 1.54) is 11.1 Å². The number of unbranched alkanes of at least 4 members (excludes halogenated alkanes) is 2. The Balaban J connectivity index is 2.68. The second kappa shape index (κ2) is 10.1. The highest BCUT2D eigenvalue weighted by Gasteiger charge is 2.22. The fraction of sp³-hybridized carbons (Fsp3) is 0.524. The Morgan fingerprint density at radius 1 is 1.17 bits per heavy atom. The molecular formula is C21H30O2. The lowest BCUT2D eigenvalue weighted by atomic mass is 9.89. The molecule has 0 bridgehead atoms. The van der Waals surface area contributed by atoms with Gasteiger partial charge in [-0.3, -0.25) is 9.59 Å². The number of carbonyl (C=O) groups is 2. The van der Waals surface area contributed by atoms with Gasteiger partial charge in [0.2, 0.25) is 0 Å². The van der Waals surface area contributed by atoms with Crippen LogP contribution < -0.4 is 0 Å². The van der Waals surface area contributed by atoms with E-state index < -0.39 is 0 Å². The molecule has 0 saturated carbocycles. The largest absolute Gasteiger partial charge is 0.294 e. The number of hydrogen-bond donors (Lipinski definition) is 0. The summed E-state index contributed by atoms with van der Waals surface area (Å²) in [6, 6.07) is 0. The average Bonchev–Trinajstić information content (AvgIpc) is 2.46. The van der Waals surface area contributed by atoms with Gasteiger partial charge in [-0.25, -0.2) is 0 Å². The fourth-order valence-corrected chi connectivity index (χ4v) is 2.59. The minimum Gasteiger partial charge on any atom is -0.294 e. The maximum atomic E-state index is 12.2. The van der Waals surface area contributed by atoms with Crippen LogP contribution in [0.15, 0.2) is 46.6 Å². The van der Waals surface area contributed by atoms with Gasteiger partial charge in [-0.2, -0.15) is 0 Å². The van der Waals surface area contributed by atoms with Crippen LogP contribution in [0.3, 0.4) is 0 Å². The highest BCUT2D eigenvalue weighted by Crippen LogP contribution is 2.22. The number of ketones is 2. The van der Waals surface area contributed by atoms with Gasteiger partial charge in [0.05, 0.1) is 5.57 Å². The molecule has 0 atom stereocenters. The molecule has 1 rings (SSSR count). The first-order valence-corrected chi connectivity index (χ1v) is 8.71. The Hall–Kier alpha value is -1.70. The molecule has 0 saturated heterocycles. The summed E-state index contributed by atoms with van der Waals surface area (Å²) in [6.07, 6.45) is 14.1. The van der Waals surface area contributed by atoms with Crippen LogP contribution in [0.2, 0.25) is 0 Å². The predicted molar refractivity (Wildman–Crippen MR) is 97.4 cm³/mol. The molecule has 0 heterocycles. The number of allylic oxidation sites excluding steroid dienone is 8. The molecule has 1 aliphatic rings. The smallest absolute Gasteiger partial charge is 0.189 e. The second-order valence-corrected chi connectivity index (χ2v) is 6.64. The van der Waals surface area contributed by atoms with Crippen molar-refractivity contribution in [3.8, 4) is 0 Å². The van der Waals surface area contributed by atoms with Crippen LogP contribution in [0.1, 0.15) is 72.6 Å². The number of hydrogen-bond acceptors (Lipinski definition) is 2. The molecule has 1 aliphatic carbocycles. The Morgan fingerprint density at radius 3 is 2.52 bits per heavy atom. The van der Waals surface area contributed by atoms with Crippen molar-refractivity contribution in [2.45, 2.75) is 72.6 Å². The molecule has 0 aromatic rings. The fourth-order valence-electron chi connectivity index (χ4n) is 2.59. The van der Waals surface area contributed by atoms with Crippen molar-refractivity contribution >= 4 is 11.6 Å². The third-order valence-electron chi connectivity index (χ3n) is 4.02. The van der Waals surface area contributed by atoms with E-state index in [0.717, 1.165) is 44.1 Å². The highest BCUT2D eigenvalue weighted by atomic mass is 16.1. The van der Waals surface area contributed by atoms with Crippen molar-refractivity contribution < 1.29 is 9.59 Å². The lowest BCUT2D eigenvalue weighted by Crippen LogP contribution is -2.17. The molecule has 0 N–H and O–H groups in total. The van der Waals surface area contributed by atoms with Crippen molar-refractivity contribution in [2.24, 2.45) is 0 Å². The van der Waals surface area contributed by atoms with Gasteiger partial charge in [0.25, 0.3) is 0 Å². The van der Waals surface area contributed by atoms with Gasteiger partial charge in [0.15, 0.2) is 11.6 Å². The van der Waals surface area contributed by atoms with E-state index in [4.69, 9.17) is 0 Å². The summed E-state index contributed by atoms with van der Waals surface area (Å²) in [5, 5.41) is 0. The molecule has 0 aromatic carbocycles. The van der Waals surface area contributed by atoms with E-state index in [-0.39, 0.29) is 11.6 Å². The van der Waals surface area contributed by atoms with E-state index in [0.29, 0.717) is 12.0 Å². The minimum absolute atomic E-state index is 0.0302. The molecule has 23 heavy (non-hydrogen) atoms. The van der Waals surface area contributed by atoms with Crippen LogP contribution in [0.25, 0.3) is 0 Å². The molecule has 0 aliphatic heterocycles. The lowest BCUT2D eigenvalue weighted by Gasteiger charge is -2.13. The van der Waals surface area contributed by atoms with Crippen LogP contribution >= 0.6 is 0 Å². The van der Waals surface area contributed by atoms with Crippen LogP contribution in [-0.2, 0) is 9.59 Å². The van der Waals surface area contributed by atoms with E-state index in [2.05, 4.69) is 26.8 Å². The molecule has 0 amide bonds. The van der Waals surface area contributed by atoms with E-state index in [1.54, 1.807) is 12.2 Å². The van der Waals surface area contributed by atoms with E-state index in [9.17, 15) is 9.59 Å². The number of rotatable bonds is 8. The molecule has 2 heteroatoms. The Morgan fingerprint density at radius 2 is 1.91 bits per heavy atom. The van der Waals surface area contributed by atoms with Gasteiger partial charge in [-0.05, 0) is 58.6 Å². The van der Waals surface area contributed by atoms with Crippen molar-refractivity contribution in [1.82, 2.24) is 0 Å². The zero-order chi connectivity index (χ0) is 17.2. The first kappa shape index (κ1) is 19.3. The zero-order valence-corrected chi connectivity index (χ0v) is 15.1. The van der Waals surface area contributed by atoms with Gasteiger partial charge in [0.1, 0.15) is 0 Å². The summed E-state index contributed by atoms with van der Waals surface area (Å²) in [4.78, 5) is 24.4. The first-order valence-electron chi connectivity index (χ1n) is 8.71. The van der Waals surface area contributed by atoms with Crippen molar-refractivity contribution in [3.05, 3.63) is 46.6 Å². The summed E-state index contributed by atoms with van der Waals surface area (Å²) < 4.78 is 0. The van der Waals surface area contributed by atoms with Crippen molar-refractivity contribution in [3.63, 3.8) is 0 Å². The SMILES string of the molecule is CCCCCC1=CC(=O)C(=CC=C(C)CCC=C(C)C)C(=O)C1. The predicted octanol–water partition coefficient (Wildman–Crippen LogP) is 5.65. The summed E-state index contributed by atoms with van der Waals surface area (Å²) in [7, 11) is 0. The third kappa shape index (κ3) is 7.40. The summed E-state index contributed by atoms with van der Waals surface area (Å²) in [5.41, 5.74) is 3.84. The normalized spacial score (nSPS) is 17.5. The van der Waals surface area contributed by atoms with Crippen LogP contribution in [0, 0.1) is 0 Å². The quantitative estimate of drug-likeness (QED) is 0.251. The summed E-state index contributed by atoms with van der Waals surface area (Å²) in [5.74, 6) is -0.154. The number of Topliss-reactive ketones (excluding diaryl/α,β-unsaturated/α-hetero) is 1. The molecule has 0 aromatic heterocycles. The maximum absolute atomic E-state index is 12.2. The van der Waals surface area contributed by atoms with Gasteiger partial charge in [-0.15, -0.1) is 0 Å².